The highest BCUT2D eigenvalue weighted by atomic mass is 127. The van der Waals surface area contributed by atoms with E-state index in [1.54, 1.807) is 26.2 Å². The number of alkyl halides is 3. The largest absolute Gasteiger partial charge is 0.417 e. The molecule has 1 unspecified atom stereocenters. The van der Waals surface area contributed by atoms with Crippen molar-refractivity contribution in [2.75, 3.05) is 5.32 Å². The monoisotopic (exact) mass is 462 g/mol. The predicted molar refractivity (Wildman–Crippen MR) is 93.7 cm³/mol. The number of hydrogen-bond acceptors (Lipinski definition) is 3. The summed E-state index contributed by atoms with van der Waals surface area (Å²) < 4.78 is 41.4. The van der Waals surface area contributed by atoms with Gasteiger partial charge in [0.2, 0.25) is 0 Å². The van der Waals surface area contributed by atoms with Gasteiger partial charge in [-0.2, -0.15) is 23.5 Å². The molecule has 0 aliphatic rings. The molecule has 2 rings (SSSR count). The molecule has 0 spiro atoms. The molecule has 132 valence electrons. The highest BCUT2D eigenvalue weighted by Gasteiger charge is 2.36. The first kappa shape index (κ1) is 19.2. The zero-order chi connectivity index (χ0) is 18.8. The zero-order valence-electron chi connectivity index (χ0n) is 13.4. The van der Waals surface area contributed by atoms with Gasteiger partial charge in [-0.1, -0.05) is 6.92 Å². The van der Waals surface area contributed by atoms with Gasteiger partial charge >= 0.3 is 6.18 Å². The van der Waals surface area contributed by atoms with Gasteiger partial charge in [0.05, 0.1) is 27.0 Å². The predicted octanol–water partition coefficient (Wildman–Crippen LogP) is 4.14. The van der Waals surface area contributed by atoms with Crippen molar-refractivity contribution in [3.8, 4) is 6.07 Å². The number of aromatic nitrogens is 2. The summed E-state index contributed by atoms with van der Waals surface area (Å²) in [7, 11) is 0. The quantitative estimate of drug-likeness (QED) is 0.695. The van der Waals surface area contributed by atoms with Crippen LogP contribution >= 0.6 is 22.6 Å². The summed E-state index contributed by atoms with van der Waals surface area (Å²) in [5.41, 5.74) is -2.67. The molecule has 0 radical (unpaired) electrons. The number of carbonyl (C=O) groups is 1. The summed E-state index contributed by atoms with van der Waals surface area (Å²) in [6.07, 6.45) is -1.02. The molecule has 1 amide bonds. The molecular weight excluding hydrogens is 448 g/mol. The average Bonchev–Trinajstić information content (AvgIpc) is 3.00. The fourth-order valence-electron chi connectivity index (χ4n) is 2.22. The molecule has 0 bridgehead atoms. The Morgan fingerprint density at radius 1 is 1.44 bits per heavy atom. The molecule has 9 heteroatoms. The Bertz CT molecular complexity index is 841. The summed E-state index contributed by atoms with van der Waals surface area (Å²) in [6, 6.07) is 4.58. The second-order valence-corrected chi connectivity index (χ2v) is 6.80. The highest BCUT2D eigenvalue weighted by molar-refractivity contribution is 14.1. The molecule has 1 aromatic heterocycles. The number of nitriles is 1. The Hall–Kier alpha value is -2.09. The number of anilines is 1. The Labute approximate surface area is 156 Å². The molecule has 0 saturated heterocycles. The molecule has 1 aromatic carbocycles. The lowest BCUT2D eigenvalue weighted by molar-refractivity contribution is -0.137. The normalized spacial score (nSPS) is 13.8. The smallest absolute Gasteiger partial charge is 0.324 e. The second-order valence-electron chi connectivity index (χ2n) is 5.55. The van der Waals surface area contributed by atoms with Crippen molar-refractivity contribution in [2.24, 2.45) is 0 Å². The van der Waals surface area contributed by atoms with Crippen molar-refractivity contribution in [3.63, 3.8) is 0 Å². The molecule has 1 heterocycles. The van der Waals surface area contributed by atoms with Gasteiger partial charge in [-0.05, 0) is 54.1 Å². The fraction of sp³-hybridized carbons (Fsp3) is 0.312. The van der Waals surface area contributed by atoms with Crippen molar-refractivity contribution in [1.82, 2.24) is 9.78 Å². The van der Waals surface area contributed by atoms with Crippen molar-refractivity contribution in [2.45, 2.75) is 32.0 Å². The molecule has 0 fully saturated rings. The SMILES string of the molecule is CCC(C)(C(=O)Nc1ccc(C#N)c(C(F)(F)F)c1)n1cc(I)cn1. The Balaban J connectivity index is 2.35. The third kappa shape index (κ3) is 3.95. The highest BCUT2D eigenvalue weighted by Crippen LogP contribution is 2.34. The number of nitrogens with one attached hydrogen (secondary N) is 1. The van der Waals surface area contributed by atoms with Crippen LogP contribution in [0.2, 0.25) is 0 Å². The van der Waals surface area contributed by atoms with Crippen LogP contribution in [0, 0.1) is 14.9 Å². The summed E-state index contributed by atoms with van der Waals surface area (Å²) in [4.78, 5) is 12.7. The van der Waals surface area contributed by atoms with Crippen molar-refractivity contribution in [1.29, 1.82) is 5.26 Å². The molecule has 0 aliphatic carbocycles. The van der Waals surface area contributed by atoms with Gasteiger partial charge in [0.15, 0.2) is 0 Å². The minimum Gasteiger partial charge on any atom is -0.324 e. The standard InChI is InChI=1S/C16H14F3IN4O/c1-3-15(2,24-9-11(20)8-22-24)14(25)23-12-5-4-10(7-21)13(6-12)16(17,18)19/h4-6,8-9H,3H2,1-2H3,(H,23,25). The van der Waals surface area contributed by atoms with Gasteiger partial charge in [0.25, 0.3) is 5.91 Å². The van der Waals surface area contributed by atoms with E-state index in [9.17, 15) is 18.0 Å². The number of carbonyl (C=O) groups excluding carboxylic acids is 1. The topological polar surface area (TPSA) is 70.7 Å². The van der Waals surface area contributed by atoms with Crippen molar-refractivity contribution < 1.29 is 18.0 Å². The van der Waals surface area contributed by atoms with Gasteiger partial charge in [-0.25, -0.2) is 0 Å². The number of benzene rings is 1. The van der Waals surface area contributed by atoms with E-state index in [0.29, 0.717) is 6.42 Å². The Kier molecular flexibility index (Phi) is 5.41. The number of hydrogen-bond donors (Lipinski definition) is 1. The van der Waals surface area contributed by atoms with Crippen LogP contribution in [-0.2, 0) is 16.5 Å². The van der Waals surface area contributed by atoms with Crippen LogP contribution in [0.25, 0.3) is 0 Å². The molecule has 1 atom stereocenters. The molecule has 0 aliphatic heterocycles. The maximum absolute atomic E-state index is 13.0. The Morgan fingerprint density at radius 3 is 2.60 bits per heavy atom. The van der Waals surface area contributed by atoms with Gasteiger partial charge in [-0.15, -0.1) is 0 Å². The number of nitrogens with zero attached hydrogens (tertiary/aromatic N) is 3. The van der Waals surface area contributed by atoms with E-state index in [4.69, 9.17) is 5.26 Å². The third-order valence-electron chi connectivity index (χ3n) is 3.94. The molecule has 1 N–H and O–H groups in total. The first-order valence-electron chi connectivity index (χ1n) is 7.25. The van der Waals surface area contributed by atoms with Gasteiger partial charge < -0.3 is 5.32 Å². The second kappa shape index (κ2) is 7.03. The maximum Gasteiger partial charge on any atom is 0.417 e. The fourth-order valence-corrected chi connectivity index (χ4v) is 2.61. The van der Waals surface area contributed by atoms with Gasteiger partial charge in [0, 0.05) is 11.9 Å². The summed E-state index contributed by atoms with van der Waals surface area (Å²) >= 11 is 2.05. The van der Waals surface area contributed by atoms with Crippen LogP contribution in [-0.4, -0.2) is 15.7 Å². The lowest BCUT2D eigenvalue weighted by atomic mass is 9.97. The average molecular weight is 462 g/mol. The van der Waals surface area contributed by atoms with Crippen LogP contribution < -0.4 is 5.32 Å². The number of amides is 1. The van der Waals surface area contributed by atoms with Gasteiger partial charge in [0.1, 0.15) is 5.54 Å². The molecule has 5 nitrogen and oxygen atoms in total. The third-order valence-corrected chi connectivity index (χ3v) is 4.49. The van der Waals surface area contributed by atoms with E-state index < -0.39 is 28.7 Å². The van der Waals surface area contributed by atoms with E-state index in [0.717, 1.165) is 15.7 Å². The van der Waals surface area contributed by atoms with E-state index >= 15 is 0 Å². The summed E-state index contributed by atoms with van der Waals surface area (Å²) in [5, 5.41) is 15.4. The summed E-state index contributed by atoms with van der Waals surface area (Å²) in [6.45, 7) is 3.44. The minimum atomic E-state index is -4.68. The molecular formula is C16H14F3IN4O. The first-order valence-corrected chi connectivity index (χ1v) is 8.33. The number of halogens is 4. The molecule has 2 aromatic rings. The molecule has 25 heavy (non-hydrogen) atoms. The van der Waals surface area contributed by atoms with Crippen molar-refractivity contribution >= 4 is 34.2 Å². The zero-order valence-corrected chi connectivity index (χ0v) is 15.5. The Morgan fingerprint density at radius 2 is 2.12 bits per heavy atom. The van der Waals surface area contributed by atoms with Crippen molar-refractivity contribution in [3.05, 3.63) is 45.3 Å². The minimum absolute atomic E-state index is 0.0298. The van der Waals surface area contributed by atoms with E-state index in [2.05, 4.69) is 33.0 Å². The van der Waals surface area contributed by atoms with E-state index in [1.807, 2.05) is 0 Å². The van der Waals surface area contributed by atoms with Crippen LogP contribution in [0.4, 0.5) is 18.9 Å². The van der Waals surface area contributed by atoms with Crippen LogP contribution in [0.3, 0.4) is 0 Å². The lowest BCUT2D eigenvalue weighted by Crippen LogP contribution is -2.43. The van der Waals surface area contributed by atoms with Crippen LogP contribution in [0.15, 0.2) is 30.6 Å². The van der Waals surface area contributed by atoms with Crippen LogP contribution in [0.5, 0.6) is 0 Å². The van der Waals surface area contributed by atoms with Gasteiger partial charge in [-0.3, -0.25) is 9.48 Å². The first-order chi connectivity index (χ1) is 11.6. The lowest BCUT2D eigenvalue weighted by Gasteiger charge is -2.27. The molecule has 0 saturated carbocycles. The maximum atomic E-state index is 13.0. The summed E-state index contributed by atoms with van der Waals surface area (Å²) in [5.74, 6) is -0.493. The van der Waals surface area contributed by atoms with E-state index in [-0.39, 0.29) is 5.69 Å². The van der Waals surface area contributed by atoms with E-state index in [1.165, 1.54) is 16.8 Å². The number of rotatable bonds is 4. The van der Waals surface area contributed by atoms with Crippen LogP contribution in [0.1, 0.15) is 31.4 Å².